The van der Waals surface area contributed by atoms with Crippen molar-refractivity contribution in [3.8, 4) is 11.3 Å². The number of fused-ring (bicyclic) bond motifs is 1. The molecule has 0 bridgehead atoms. The quantitative estimate of drug-likeness (QED) is 0.409. The highest BCUT2D eigenvalue weighted by Crippen LogP contribution is 2.38. The minimum Gasteiger partial charge on any atom is -0.353 e. The van der Waals surface area contributed by atoms with Crippen LogP contribution in [-0.2, 0) is 18.1 Å². The Morgan fingerprint density at radius 3 is 2.39 bits per heavy atom. The van der Waals surface area contributed by atoms with Crippen LogP contribution in [0.4, 0.5) is 30.8 Å². The maximum absolute atomic E-state index is 13.6. The van der Waals surface area contributed by atoms with Gasteiger partial charge in [0.25, 0.3) is 0 Å². The third-order valence-corrected chi connectivity index (χ3v) is 9.24. The number of likely N-dealkylation sites (N-methyl/N-ethyl adjacent to an activating group) is 1. The van der Waals surface area contributed by atoms with Crippen LogP contribution in [0, 0.1) is 0 Å². The summed E-state index contributed by atoms with van der Waals surface area (Å²) >= 11 is 0. The Balaban J connectivity index is 1.33. The molecule has 2 saturated heterocycles. The van der Waals surface area contributed by atoms with Gasteiger partial charge in [-0.05, 0) is 76.4 Å². The SMILES string of the molecule is CC1CCCN1c1nc(-c2ccc3c(c2)C(C)(C)N(C)CC3)cc(N2CCN(c3ncccc3C(F)(F)F)CC2)n1. The Morgan fingerprint density at radius 1 is 0.927 bits per heavy atom. The van der Waals surface area contributed by atoms with Crippen molar-refractivity contribution in [3.63, 3.8) is 0 Å². The highest BCUT2D eigenvalue weighted by Gasteiger charge is 2.37. The fourth-order valence-corrected chi connectivity index (χ4v) is 6.40. The van der Waals surface area contributed by atoms with Crippen molar-refractivity contribution < 1.29 is 13.2 Å². The zero-order valence-electron chi connectivity index (χ0n) is 24.2. The monoisotopic (exact) mass is 565 g/mol. The van der Waals surface area contributed by atoms with Crippen LogP contribution in [-0.4, -0.2) is 72.2 Å². The smallest absolute Gasteiger partial charge is 0.353 e. The summed E-state index contributed by atoms with van der Waals surface area (Å²) in [6, 6.07) is 11.5. The molecule has 1 unspecified atom stereocenters. The molecule has 1 atom stereocenters. The molecule has 1 aromatic carbocycles. The number of pyridine rings is 1. The molecular weight excluding hydrogens is 527 g/mol. The van der Waals surface area contributed by atoms with E-state index in [1.807, 2.05) is 6.07 Å². The van der Waals surface area contributed by atoms with Crippen molar-refractivity contribution in [1.29, 1.82) is 0 Å². The first-order valence-electron chi connectivity index (χ1n) is 14.6. The van der Waals surface area contributed by atoms with Crippen LogP contribution in [0.3, 0.4) is 0 Å². The zero-order valence-corrected chi connectivity index (χ0v) is 24.2. The molecule has 5 heterocycles. The highest BCUT2D eigenvalue weighted by molar-refractivity contribution is 5.67. The molecule has 41 heavy (non-hydrogen) atoms. The summed E-state index contributed by atoms with van der Waals surface area (Å²) in [6.07, 6.45) is 0.217. The Kier molecular flexibility index (Phi) is 7.08. The molecule has 3 aliphatic heterocycles. The zero-order chi connectivity index (χ0) is 28.9. The van der Waals surface area contributed by atoms with Gasteiger partial charge in [0.05, 0.1) is 11.3 Å². The number of alkyl halides is 3. The lowest BCUT2D eigenvalue weighted by Crippen LogP contribution is -2.47. The van der Waals surface area contributed by atoms with E-state index >= 15 is 0 Å². The third kappa shape index (κ3) is 5.22. The normalized spacial score (nSPS) is 21.3. The Morgan fingerprint density at radius 2 is 1.68 bits per heavy atom. The first-order valence-corrected chi connectivity index (χ1v) is 14.6. The van der Waals surface area contributed by atoms with Gasteiger partial charge in [-0.15, -0.1) is 0 Å². The average Bonchev–Trinajstić information content (AvgIpc) is 3.40. The number of benzene rings is 1. The minimum atomic E-state index is -4.44. The fraction of sp³-hybridized carbons (Fsp3) is 0.516. The molecule has 218 valence electrons. The van der Waals surface area contributed by atoms with Gasteiger partial charge in [-0.2, -0.15) is 18.2 Å². The molecule has 0 saturated carbocycles. The van der Waals surface area contributed by atoms with Crippen LogP contribution in [0.2, 0.25) is 0 Å². The Bertz CT molecular complexity index is 1420. The highest BCUT2D eigenvalue weighted by atomic mass is 19.4. The van der Waals surface area contributed by atoms with Gasteiger partial charge in [0.1, 0.15) is 11.6 Å². The van der Waals surface area contributed by atoms with Gasteiger partial charge in [-0.3, -0.25) is 4.90 Å². The molecule has 10 heteroatoms. The maximum atomic E-state index is 13.6. The molecule has 0 amide bonds. The number of halogens is 3. The van der Waals surface area contributed by atoms with Crippen LogP contribution in [0.25, 0.3) is 11.3 Å². The topological polar surface area (TPSA) is 51.6 Å². The lowest BCUT2D eigenvalue weighted by atomic mass is 9.82. The summed E-state index contributed by atoms with van der Waals surface area (Å²) in [6.45, 7) is 10.6. The van der Waals surface area contributed by atoms with Gasteiger partial charge in [0, 0.05) is 68.7 Å². The lowest BCUT2D eigenvalue weighted by Gasteiger charge is -2.42. The van der Waals surface area contributed by atoms with E-state index in [1.165, 1.54) is 23.4 Å². The van der Waals surface area contributed by atoms with E-state index in [4.69, 9.17) is 9.97 Å². The molecule has 6 rings (SSSR count). The summed E-state index contributed by atoms with van der Waals surface area (Å²) in [5.41, 5.74) is 3.87. The second-order valence-corrected chi connectivity index (χ2v) is 12.0. The van der Waals surface area contributed by atoms with E-state index in [9.17, 15) is 13.2 Å². The van der Waals surface area contributed by atoms with E-state index < -0.39 is 11.7 Å². The maximum Gasteiger partial charge on any atom is 0.419 e. The molecule has 3 aromatic rings. The Labute approximate surface area is 240 Å². The summed E-state index contributed by atoms with van der Waals surface area (Å²) in [7, 11) is 2.17. The molecule has 0 aliphatic carbocycles. The van der Waals surface area contributed by atoms with Crippen LogP contribution >= 0.6 is 0 Å². The van der Waals surface area contributed by atoms with Crippen LogP contribution in [0.15, 0.2) is 42.6 Å². The first-order chi connectivity index (χ1) is 19.5. The second kappa shape index (κ2) is 10.5. The van der Waals surface area contributed by atoms with Crippen molar-refractivity contribution >= 4 is 17.6 Å². The number of piperazine rings is 1. The van der Waals surface area contributed by atoms with Crippen molar-refractivity contribution in [3.05, 3.63) is 59.3 Å². The van der Waals surface area contributed by atoms with Crippen molar-refractivity contribution in [2.75, 3.05) is 61.0 Å². The molecule has 3 aliphatic rings. The van der Waals surface area contributed by atoms with Crippen molar-refractivity contribution in [2.24, 2.45) is 0 Å². The van der Waals surface area contributed by atoms with Crippen molar-refractivity contribution in [1.82, 2.24) is 19.9 Å². The van der Waals surface area contributed by atoms with Crippen LogP contribution in [0.5, 0.6) is 0 Å². The van der Waals surface area contributed by atoms with Crippen LogP contribution < -0.4 is 14.7 Å². The standard InChI is InChI=1S/C31H38F3N7/c1-21-7-6-13-41(21)29-36-26(23-10-9-22-11-14-38(4)30(2,3)25(22)19-23)20-27(37-29)39-15-17-40(18-16-39)28-24(31(32,33)34)8-5-12-35-28/h5,8-10,12,19-21H,6-7,11,13-18H2,1-4H3. The van der Waals surface area contributed by atoms with Gasteiger partial charge in [-0.25, -0.2) is 9.97 Å². The van der Waals surface area contributed by atoms with Gasteiger partial charge in [0.15, 0.2) is 0 Å². The summed E-state index contributed by atoms with van der Waals surface area (Å²) in [5.74, 6) is 1.54. The second-order valence-electron chi connectivity index (χ2n) is 12.0. The van der Waals surface area contributed by atoms with E-state index in [0.29, 0.717) is 32.2 Å². The number of hydrogen-bond donors (Lipinski definition) is 0. The number of nitrogens with zero attached hydrogens (tertiary/aromatic N) is 7. The largest absolute Gasteiger partial charge is 0.419 e. The lowest BCUT2D eigenvalue weighted by molar-refractivity contribution is -0.137. The molecule has 0 radical (unpaired) electrons. The first kappa shape index (κ1) is 27.8. The van der Waals surface area contributed by atoms with Gasteiger partial charge >= 0.3 is 6.18 Å². The molecule has 0 N–H and O–H groups in total. The number of aromatic nitrogens is 3. The van der Waals surface area contributed by atoms with E-state index in [1.54, 1.807) is 4.90 Å². The average molecular weight is 566 g/mol. The van der Waals surface area contributed by atoms with E-state index in [-0.39, 0.29) is 11.4 Å². The van der Waals surface area contributed by atoms with Crippen molar-refractivity contribution in [2.45, 2.75) is 57.8 Å². The summed E-state index contributed by atoms with van der Waals surface area (Å²) < 4.78 is 40.9. The summed E-state index contributed by atoms with van der Waals surface area (Å²) in [5, 5.41) is 0. The fourth-order valence-electron chi connectivity index (χ4n) is 6.40. The Hall–Kier alpha value is -3.40. The predicted molar refractivity (Wildman–Crippen MR) is 157 cm³/mol. The van der Waals surface area contributed by atoms with E-state index in [0.717, 1.165) is 61.4 Å². The molecule has 0 spiro atoms. The minimum absolute atomic E-state index is 0.00347. The summed E-state index contributed by atoms with van der Waals surface area (Å²) in [4.78, 5) is 22.8. The third-order valence-electron chi connectivity index (χ3n) is 9.24. The van der Waals surface area contributed by atoms with Gasteiger partial charge in [0.2, 0.25) is 5.95 Å². The molecular formula is C31H38F3N7. The molecule has 7 nitrogen and oxygen atoms in total. The molecule has 2 fully saturated rings. The van der Waals surface area contributed by atoms with Gasteiger partial charge < -0.3 is 14.7 Å². The van der Waals surface area contributed by atoms with Crippen LogP contribution in [0.1, 0.15) is 50.3 Å². The molecule has 2 aromatic heterocycles. The number of rotatable bonds is 4. The van der Waals surface area contributed by atoms with E-state index in [2.05, 4.69) is 65.7 Å². The number of hydrogen-bond acceptors (Lipinski definition) is 7. The number of anilines is 3. The predicted octanol–water partition coefficient (Wildman–Crippen LogP) is 5.60. The van der Waals surface area contributed by atoms with Gasteiger partial charge in [-0.1, -0.05) is 12.1 Å².